The van der Waals surface area contributed by atoms with Crippen LogP contribution in [0.1, 0.15) is 52.4 Å². The van der Waals surface area contributed by atoms with Crippen molar-refractivity contribution in [2.24, 2.45) is 5.41 Å². The zero-order valence-electron chi connectivity index (χ0n) is 27.6. The van der Waals surface area contributed by atoms with E-state index in [1.807, 2.05) is 6.08 Å². The van der Waals surface area contributed by atoms with E-state index in [1.54, 1.807) is 9.58 Å². The van der Waals surface area contributed by atoms with E-state index in [-0.39, 0.29) is 58.1 Å². The number of carbonyl (C=O) groups is 1. The zero-order valence-corrected chi connectivity index (χ0v) is 27.6. The molecule has 2 fully saturated rings. The van der Waals surface area contributed by atoms with Crippen LogP contribution in [0.4, 0.5) is 19.0 Å². The second-order valence-corrected chi connectivity index (χ2v) is 12.8. The number of hydrogen-bond acceptors (Lipinski definition) is 8. The van der Waals surface area contributed by atoms with Crippen LogP contribution < -0.4 is 10.5 Å². The standard InChI is InChI=1S/C36H39F3N8O2/c1-3-45(4-2)21-36(14-5-6-15-36)18-23(19-40)35(48)46-16-8-9-24(46)20-47-34-30(33(41)42-22-43-34)32(44-47)26-13-12-25(17-28(26)38)49-29-11-7-10-27(37)31(29)39/h7,10-13,17-18,22,24H,3-6,8-9,14-16,20-21H2,1-2H3,(H2,41,42,43)/b23-18+/t24-/m1/s1. The second kappa shape index (κ2) is 14.3. The Hall–Kier alpha value is -4.96. The smallest absolute Gasteiger partial charge is 0.264 e. The molecule has 6 rings (SSSR count). The Bertz CT molecular complexity index is 1930. The van der Waals surface area contributed by atoms with Gasteiger partial charge in [0.15, 0.2) is 17.2 Å². The van der Waals surface area contributed by atoms with Gasteiger partial charge in [0.2, 0.25) is 5.82 Å². The van der Waals surface area contributed by atoms with Crippen molar-refractivity contribution in [3.05, 3.63) is 71.8 Å². The Morgan fingerprint density at radius 1 is 1.12 bits per heavy atom. The van der Waals surface area contributed by atoms with Gasteiger partial charge in [-0.2, -0.15) is 14.8 Å². The molecule has 1 saturated carbocycles. The lowest BCUT2D eigenvalue weighted by Crippen LogP contribution is -2.40. The van der Waals surface area contributed by atoms with Gasteiger partial charge in [0.05, 0.1) is 18.0 Å². The van der Waals surface area contributed by atoms with Crippen LogP contribution in [0.5, 0.6) is 11.5 Å². The van der Waals surface area contributed by atoms with Crippen molar-refractivity contribution >= 4 is 22.8 Å². The summed E-state index contributed by atoms with van der Waals surface area (Å²) in [5.41, 5.74) is 6.84. The third kappa shape index (κ3) is 6.83. The van der Waals surface area contributed by atoms with Crippen LogP contribution in [0.15, 0.2) is 54.4 Å². The number of amides is 1. The molecule has 1 aliphatic carbocycles. The third-order valence-corrected chi connectivity index (χ3v) is 9.75. The molecule has 3 heterocycles. The van der Waals surface area contributed by atoms with Gasteiger partial charge < -0.3 is 20.3 Å². The van der Waals surface area contributed by atoms with Gasteiger partial charge in [0, 0.05) is 30.1 Å². The summed E-state index contributed by atoms with van der Waals surface area (Å²) in [6, 6.07) is 9.29. The van der Waals surface area contributed by atoms with Crippen molar-refractivity contribution < 1.29 is 22.7 Å². The van der Waals surface area contributed by atoms with Crippen LogP contribution >= 0.6 is 0 Å². The summed E-state index contributed by atoms with van der Waals surface area (Å²) in [4.78, 5) is 26.6. The first kappa shape index (κ1) is 33.9. The minimum Gasteiger partial charge on any atom is -0.454 e. The van der Waals surface area contributed by atoms with E-state index in [9.17, 15) is 18.8 Å². The molecular weight excluding hydrogens is 633 g/mol. The van der Waals surface area contributed by atoms with Crippen molar-refractivity contribution in [3.63, 3.8) is 0 Å². The number of nitriles is 1. The lowest BCUT2D eigenvalue weighted by atomic mass is 9.83. The number of anilines is 1. The molecule has 0 unspecified atom stereocenters. The number of aromatic nitrogens is 4. The maximum atomic E-state index is 15.6. The van der Waals surface area contributed by atoms with E-state index in [2.05, 4.69) is 34.8 Å². The molecule has 256 valence electrons. The minimum absolute atomic E-state index is 0.0448. The molecular formula is C36H39F3N8O2. The molecule has 1 atom stereocenters. The van der Waals surface area contributed by atoms with E-state index < -0.39 is 17.5 Å². The molecule has 2 aromatic carbocycles. The summed E-state index contributed by atoms with van der Waals surface area (Å²) >= 11 is 0. The average Bonchev–Trinajstić information content (AvgIpc) is 3.85. The number of likely N-dealkylation sites (tertiary alicyclic amines) is 1. The molecule has 13 heteroatoms. The molecule has 2 aromatic heterocycles. The van der Waals surface area contributed by atoms with Gasteiger partial charge in [-0.1, -0.05) is 38.8 Å². The first-order chi connectivity index (χ1) is 23.7. The van der Waals surface area contributed by atoms with Crippen molar-refractivity contribution in [1.82, 2.24) is 29.5 Å². The Morgan fingerprint density at radius 3 is 2.61 bits per heavy atom. The quantitative estimate of drug-likeness (QED) is 0.139. The summed E-state index contributed by atoms with van der Waals surface area (Å²) < 4.78 is 50.5. The number of rotatable bonds is 11. The molecule has 2 aliphatic rings. The Labute approximate surface area is 283 Å². The lowest BCUT2D eigenvalue weighted by Gasteiger charge is -2.33. The molecule has 0 bridgehead atoms. The molecule has 2 N–H and O–H groups in total. The van der Waals surface area contributed by atoms with Crippen molar-refractivity contribution in [2.75, 3.05) is 31.9 Å². The molecule has 1 aliphatic heterocycles. The van der Waals surface area contributed by atoms with Gasteiger partial charge in [-0.25, -0.2) is 23.4 Å². The summed E-state index contributed by atoms with van der Waals surface area (Å²) in [6.07, 6.45) is 8.70. The maximum absolute atomic E-state index is 15.6. The SMILES string of the molecule is CCN(CC)CC1(/C=C(\C#N)C(=O)N2CCC[C@@H]2Cn2nc(-c3ccc(Oc4cccc(F)c4F)cc3F)c3c(N)ncnc32)CCCC1. The Kier molecular flexibility index (Phi) is 9.87. The van der Waals surface area contributed by atoms with E-state index in [0.29, 0.717) is 24.0 Å². The van der Waals surface area contributed by atoms with Gasteiger partial charge in [0.25, 0.3) is 5.91 Å². The first-order valence-electron chi connectivity index (χ1n) is 16.7. The highest BCUT2D eigenvalue weighted by Gasteiger charge is 2.37. The van der Waals surface area contributed by atoms with Crippen LogP contribution in [0.2, 0.25) is 0 Å². The molecule has 1 amide bonds. The van der Waals surface area contributed by atoms with Crippen LogP contribution in [-0.4, -0.2) is 67.7 Å². The van der Waals surface area contributed by atoms with E-state index in [1.165, 1.54) is 30.6 Å². The largest absolute Gasteiger partial charge is 0.454 e. The van der Waals surface area contributed by atoms with Gasteiger partial charge in [-0.05, 0) is 63.0 Å². The van der Waals surface area contributed by atoms with Gasteiger partial charge in [-0.15, -0.1) is 0 Å². The topological polar surface area (TPSA) is 126 Å². The number of ether oxygens (including phenoxy) is 1. The minimum atomic E-state index is -1.18. The Balaban J connectivity index is 1.28. The maximum Gasteiger partial charge on any atom is 0.264 e. The first-order valence-corrected chi connectivity index (χ1v) is 16.7. The molecule has 0 spiro atoms. The van der Waals surface area contributed by atoms with Crippen LogP contribution in [0, 0.1) is 34.2 Å². The number of benzene rings is 2. The molecule has 1 saturated heterocycles. The van der Waals surface area contributed by atoms with Crippen molar-refractivity contribution in [2.45, 2.75) is 65.0 Å². The summed E-state index contributed by atoms with van der Waals surface area (Å²) in [6.45, 7) is 7.61. The fourth-order valence-electron chi connectivity index (χ4n) is 7.20. The number of halogens is 3. The summed E-state index contributed by atoms with van der Waals surface area (Å²) in [5.74, 6) is -3.64. The Morgan fingerprint density at radius 2 is 1.90 bits per heavy atom. The number of nitrogens with zero attached hydrogens (tertiary/aromatic N) is 7. The van der Waals surface area contributed by atoms with Crippen molar-refractivity contribution in [3.8, 4) is 28.8 Å². The lowest BCUT2D eigenvalue weighted by molar-refractivity contribution is -0.127. The average molecular weight is 673 g/mol. The second-order valence-electron chi connectivity index (χ2n) is 12.8. The predicted octanol–water partition coefficient (Wildman–Crippen LogP) is 6.63. The third-order valence-electron chi connectivity index (χ3n) is 9.75. The van der Waals surface area contributed by atoms with Crippen molar-refractivity contribution in [1.29, 1.82) is 5.26 Å². The van der Waals surface area contributed by atoms with E-state index >= 15 is 4.39 Å². The fourth-order valence-corrected chi connectivity index (χ4v) is 7.20. The van der Waals surface area contributed by atoms with Gasteiger partial charge in [-0.3, -0.25) is 4.79 Å². The fraction of sp³-hybridized carbons (Fsp3) is 0.417. The normalized spacial score (nSPS) is 17.6. The molecule has 49 heavy (non-hydrogen) atoms. The molecule has 10 nitrogen and oxygen atoms in total. The number of nitrogens with two attached hydrogens (primary N) is 1. The monoisotopic (exact) mass is 672 g/mol. The summed E-state index contributed by atoms with van der Waals surface area (Å²) in [5, 5.41) is 15.2. The highest BCUT2D eigenvalue weighted by atomic mass is 19.2. The van der Waals surface area contributed by atoms with E-state index in [0.717, 1.165) is 63.9 Å². The van der Waals surface area contributed by atoms with Gasteiger partial charge >= 0.3 is 0 Å². The van der Waals surface area contributed by atoms with Crippen LogP contribution in [-0.2, 0) is 11.3 Å². The number of hydrogen-bond donors (Lipinski definition) is 1. The predicted molar refractivity (Wildman–Crippen MR) is 179 cm³/mol. The number of nitrogen functional groups attached to an aromatic ring is 1. The van der Waals surface area contributed by atoms with Crippen LogP contribution in [0.25, 0.3) is 22.3 Å². The van der Waals surface area contributed by atoms with Crippen LogP contribution in [0.3, 0.4) is 0 Å². The van der Waals surface area contributed by atoms with E-state index in [4.69, 9.17) is 15.6 Å². The molecule has 4 aromatic rings. The zero-order chi connectivity index (χ0) is 34.7. The van der Waals surface area contributed by atoms with Gasteiger partial charge in [0.1, 0.15) is 41.0 Å². The number of fused-ring (bicyclic) bond motifs is 1. The summed E-state index contributed by atoms with van der Waals surface area (Å²) in [7, 11) is 0. The molecule has 0 radical (unpaired) electrons. The highest BCUT2D eigenvalue weighted by molar-refractivity contribution is 5.99. The highest BCUT2D eigenvalue weighted by Crippen LogP contribution is 2.42. The number of carbonyl (C=O) groups excluding carboxylic acids is 1.